The number of aromatic nitrogens is 2. The smallest absolute Gasteiger partial charge is 0.331 e. The van der Waals surface area contributed by atoms with Crippen LogP contribution in [0.4, 0.5) is 0 Å². The highest BCUT2D eigenvalue weighted by Crippen LogP contribution is 1.91. The van der Waals surface area contributed by atoms with Gasteiger partial charge in [0.05, 0.1) is 5.56 Å². The number of carbonyl (C=O) groups excluding carboxylic acids is 2. The number of nitrogens with zero attached hydrogens (tertiary/aromatic N) is 2. The fraction of sp³-hybridized carbons (Fsp3) is 0.538. The van der Waals surface area contributed by atoms with Crippen molar-refractivity contribution in [3.05, 3.63) is 32.6 Å². The SMILES string of the molecule is COCCCNC(=O)Cn1cc(C(C)=O)c(=O)n(C)c1=O. The van der Waals surface area contributed by atoms with Crippen molar-refractivity contribution in [2.45, 2.75) is 19.9 Å². The van der Waals surface area contributed by atoms with E-state index < -0.39 is 17.0 Å². The minimum Gasteiger partial charge on any atom is -0.385 e. The summed E-state index contributed by atoms with van der Waals surface area (Å²) < 4.78 is 6.71. The van der Waals surface area contributed by atoms with Crippen LogP contribution in [0.3, 0.4) is 0 Å². The number of amides is 1. The number of ether oxygens (including phenoxy) is 1. The summed E-state index contributed by atoms with van der Waals surface area (Å²) in [5, 5.41) is 2.62. The molecule has 0 bridgehead atoms. The number of hydrogen-bond donors (Lipinski definition) is 1. The van der Waals surface area contributed by atoms with Gasteiger partial charge in [-0.2, -0.15) is 0 Å². The van der Waals surface area contributed by atoms with Gasteiger partial charge in [-0.1, -0.05) is 0 Å². The molecule has 1 heterocycles. The normalized spacial score (nSPS) is 10.4. The summed E-state index contributed by atoms with van der Waals surface area (Å²) >= 11 is 0. The lowest BCUT2D eigenvalue weighted by Crippen LogP contribution is -2.42. The first-order valence-electron chi connectivity index (χ1n) is 6.45. The van der Waals surface area contributed by atoms with Crippen molar-refractivity contribution in [3.8, 4) is 0 Å². The maximum Gasteiger partial charge on any atom is 0.331 e. The van der Waals surface area contributed by atoms with Crippen LogP contribution in [0.1, 0.15) is 23.7 Å². The van der Waals surface area contributed by atoms with E-state index in [9.17, 15) is 19.2 Å². The first-order chi connectivity index (χ1) is 9.88. The van der Waals surface area contributed by atoms with Gasteiger partial charge in [0.15, 0.2) is 5.78 Å². The van der Waals surface area contributed by atoms with Crippen molar-refractivity contribution in [2.24, 2.45) is 7.05 Å². The molecule has 0 spiro atoms. The highest BCUT2D eigenvalue weighted by atomic mass is 16.5. The first-order valence-corrected chi connectivity index (χ1v) is 6.45. The van der Waals surface area contributed by atoms with E-state index in [2.05, 4.69) is 5.32 Å². The summed E-state index contributed by atoms with van der Waals surface area (Å²) in [5.41, 5.74) is -1.43. The van der Waals surface area contributed by atoms with Gasteiger partial charge in [0.1, 0.15) is 6.54 Å². The van der Waals surface area contributed by atoms with Crippen LogP contribution in [0.5, 0.6) is 0 Å². The van der Waals surface area contributed by atoms with Crippen LogP contribution in [-0.4, -0.2) is 41.1 Å². The Bertz CT molecular complexity index is 644. The van der Waals surface area contributed by atoms with Gasteiger partial charge in [-0.15, -0.1) is 0 Å². The van der Waals surface area contributed by atoms with Crippen LogP contribution in [0.15, 0.2) is 15.8 Å². The molecule has 1 aromatic rings. The average molecular weight is 297 g/mol. The molecule has 1 aromatic heterocycles. The van der Waals surface area contributed by atoms with E-state index in [1.54, 1.807) is 7.11 Å². The van der Waals surface area contributed by atoms with Crippen molar-refractivity contribution >= 4 is 11.7 Å². The molecule has 0 fully saturated rings. The Morgan fingerprint density at radius 2 is 2.00 bits per heavy atom. The second-order valence-electron chi connectivity index (χ2n) is 4.57. The molecule has 0 saturated heterocycles. The van der Waals surface area contributed by atoms with Gasteiger partial charge in [0.25, 0.3) is 5.56 Å². The molecule has 21 heavy (non-hydrogen) atoms. The molecule has 0 aromatic carbocycles. The first kappa shape index (κ1) is 16.8. The van der Waals surface area contributed by atoms with Crippen molar-refractivity contribution < 1.29 is 14.3 Å². The van der Waals surface area contributed by atoms with Crippen LogP contribution in [0.25, 0.3) is 0 Å². The molecule has 0 saturated carbocycles. The number of hydrogen-bond acceptors (Lipinski definition) is 5. The monoisotopic (exact) mass is 297 g/mol. The number of carbonyl (C=O) groups is 2. The highest BCUT2D eigenvalue weighted by Gasteiger charge is 2.13. The second kappa shape index (κ2) is 7.53. The zero-order chi connectivity index (χ0) is 16.0. The van der Waals surface area contributed by atoms with E-state index in [1.807, 2.05) is 0 Å². The summed E-state index contributed by atoms with van der Waals surface area (Å²) in [4.78, 5) is 46.7. The van der Waals surface area contributed by atoms with Gasteiger partial charge in [-0.05, 0) is 13.3 Å². The largest absolute Gasteiger partial charge is 0.385 e. The minimum absolute atomic E-state index is 0.121. The fourth-order valence-corrected chi connectivity index (χ4v) is 1.74. The standard InChI is InChI=1S/C13H19N3O5/c1-9(17)10-7-16(13(20)15(2)12(10)19)8-11(18)14-5-4-6-21-3/h7H,4-6,8H2,1-3H3,(H,14,18). The van der Waals surface area contributed by atoms with Gasteiger partial charge < -0.3 is 10.1 Å². The molecular formula is C13H19N3O5. The lowest BCUT2D eigenvalue weighted by Gasteiger charge is -2.10. The Morgan fingerprint density at radius 3 is 2.57 bits per heavy atom. The van der Waals surface area contributed by atoms with E-state index >= 15 is 0 Å². The Balaban J connectivity index is 2.89. The summed E-state index contributed by atoms with van der Waals surface area (Å²) in [5.74, 6) is -0.828. The quantitative estimate of drug-likeness (QED) is 0.509. The van der Waals surface area contributed by atoms with E-state index in [1.165, 1.54) is 14.0 Å². The summed E-state index contributed by atoms with van der Waals surface area (Å²) in [7, 11) is 2.83. The maximum absolute atomic E-state index is 11.9. The number of rotatable bonds is 7. The van der Waals surface area contributed by atoms with Crippen LogP contribution in [0, 0.1) is 0 Å². The van der Waals surface area contributed by atoms with Crippen molar-refractivity contribution in [1.29, 1.82) is 0 Å². The lowest BCUT2D eigenvalue weighted by atomic mass is 10.2. The number of nitrogens with one attached hydrogen (secondary N) is 1. The van der Waals surface area contributed by atoms with Gasteiger partial charge in [-0.25, -0.2) is 4.79 Å². The summed E-state index contributed by atoms with van der Waals surface area (Å²) in [6, 6.07) is 0. The van der Waals surface area contributed by atoms with Gasteiger partial charge >= 0.3 is 5.69 Å². The van der Waals surface area contributed by atoms with E-state index in [4.69, 9.17) is 4.74 Å². The van der Waals surface area contributed by atoms with E-state index in [0.29, 0.717) is 19.6 Å². The molecule has 1 N–H and O–H groups in total. The van der Waals surface area contributed by atoms with Crippen molar-refractivity contribution in [2.75, 3.05) is 20.3 Å². The number of ketones is 1. The molecule has 0 radical (unpaired) electrons. The maximum atomic E-state index is 11.9. The third-order valence-electron chi connectivity index (χ3n) is 2.89. The lowest BCUT2D eigenvalue weighted by molar-refractivity contribution is -0.121. The summed E-state index contributed by atoms with van der Waals surface area (Å²) in [6.07, 6.45) is 1.78. The van der Waals surface area contributed by atoms with Crippen molar-refractivity contribution in [3.63, 3.8) is 0 Å². The number of methoxy groups -OCH3 is 1. The van der Waals surface area contributed by atoms with Crippen molar-refractivity contribution in [1.82, 2.24) is 14.5 Å². The molecule has 0 aliphatic heterocycles. The second-order valence-corrected chi connectivity index (χ2v) is 4.57. The predicted molar refractivity (Wildman–Crippen MR) is 75.5 cm³/mol. The minimum atomic E-state index is -0.663. The summed E-state index contributed by atoms with van der Waals surface area (Å²) in [6.45, 7) is 1.93. The topological polar surface area (TPSA) is 99.4 Å². The molecular weight excluding hydrogens is 278 g/mol. The van der Waals surface area contributed by atoms with E-state index in [-0.39, 0.29) is 18.0 Å². The molecule has 0 atom stereocenters. The molecule has 0 aliphatic rings. The molecule has 1 amide bonds. The zero-order valence-corrected chi connectivity index (χ0v) is 12.3. The van der Waals surface area contributed by atoms with Gasteiger partial charge in [0, 0.05) is 33.5 Å². The van der Waals surface area contributed by atoms with Crippen LogP contribution in [-0.2, 0) is 23.1 Å². The fourth-order valence-electron chi connectivity index (χ4n) is 1.74. The molecule has 0 unspecified atom stereocenters. The molecule has 8 nitrogen and oxygen atoms in total. The van der Waals surface area contributed by atoms with Crippen LogP contribution >= 0.6 is 0 Å². The third-order valence-corrected chi connectivity index (χ3v) is 2.89. The van der Waals surface area contributed by atoms with Gasteiger partial charge in [-0.3, -0.25) is 23.5 Å². The Kier molecular flexibility index (Phi) is 6.04. The molecule has 8 heteroatoms. The van der Waals surface area contributed by atoms with Crippen LogP contribution < -0.4 is 16.6 Å². The Hall–Kier alpha value is -2.22. The average Bonchev–Trinajstić information content (AvgIpc) is 2.44. The third kappa shape index (κ3) is 4.38. The Labute approximate surface area is 121 Å². The number of Topliss-reactive ketones (excluding diaryl/α,β-unsaturated/α-hetero) is 1. The van der Waals surface area contributed by atoms with Gasteiger partial charge in [0.2, 0.25) is 5.91 Å². The zero-order valence-electron chi connectivity index (χ0n) is 12.3. The molecule has 1 rings (SSSR count). The highest BCUT2D eigenvalue weighted by molar-refractivity contribution is 5.93. The molecule has 116 valence electrons. The van der Waals surface area contributed by atoms with Crippen LogP contribution in [0.2, 0.25) is 0 Å². The Morgan fingerprint density at radius 1 is 1.33 bits per heavy atom. The van der Waals surface area contributed by atoms with E-state index in [0.717, 1.165) is 15.3 Å². The molecule has 0 aliphatic carbocycles. The predicted octanol–water partition coefficient (Wildman–Crippen LogP) is -1.10.